The first kappa shape index (κ1) is 14.7. The van der Waals surface area contributed by atoms with Crippen LogP contribution >= 0.6 is 0 Å². The molecule has 2 fully saturated rings. The summed E-state index contributed by atoms with van der Waals surface area (Å²) >= 11 is 0. The van der Waals surface area contributed by atoms with Crippen LogP contribution in [-0.4, -0.2) is 33.0 Å². The Morgan fingerprint density at radius 3 is 2.90 bits per heavy atom. The van der Waals surface area contributed by atoms with Crippen molar-refractivity contribution in [2.24, 2.45) is 0 Å². The van der Waals surface area contributed by atoms with Crippen molar-refractivity contribution in [1.29, 1.82) is 0 Å². The van der Waals surface area contributed by atoms with Gasteiger partial charge in [-0.05, 0) is 45.2 Å². The van der Waals surface area contributed by atoms with Gasteiger partial charge in [-0.3, -0.25) is 0 Å². The molecule has 2 aliphatic heterocycles. The standard InChI is InChI=1S/C17H25NO3/c1-17(9-5-10-18-17)14-7-3-8-15(16(14)19-2)21-13-6-4-11-20-12-13/h3,7-8,13,18H,4-6,9-12H2,1-2H3. The van der Waals surface area contributed by atoms with Crippen LogP contribution in [0.2, 0.25) is 0 Å². The van der Waals surface area contributed by atoms with Crippen molar-refractivity contribution in [3.8, 4) is 11.5 Å². The Bertz CT molecular complexity index is 477. The van der Waals surface area contributed by atoms with Crippen molar-refractivity contribution >= 4 is 0 Å². The van der Waals surface area contributed by atoms with Crippen LogP contribution < -0.4 is 14.8 Å². The summed E-state index contributed by atoms with van der Waals surface area (Å²) in [6.07, 6.45) is 4.56. The third kappa shape index (κ3) is 3.01. The molecule has 2 atom stereocenters. The maximum Gasteiger partial charge on any atom is 0.165 e. The first-order chi connectivity index (χ1) is 10.2. The van der Waals surface area contributed by atoms with Crippen LogP contribution in [0.3, 0.4) is 0 Å². The normalized spacial score (nSPS) is 29.3. The van der Waals surface area contributed by atoms with Crippen molar-refractivity contribution in [1.82, 2.24) is 5.32 Å². The van der Waals surface area contributed by atoms with Crippen molar-refractivity contribution in [2.45, 2.75) is 44.2 Å². The van der Waals surface area contributed by atoms with E-state index in [9.17, 15) is 0 Å². The fourth-order valence-corrected chi connectivity index (χ4v) is 3.36. The van der Waals surface area contributed by atoms with Crippen LogP contribution in [0.4, 0.5) is 0 Å². The second kappa shape index (κ2) is 6.24. The van der Waals surface area contributed by atoms with Crippen LogP contribution in [0.1, 0.15) is 38.2 Å². The van der Waals surface area contributed by atoms with Crippen molar-refractivity contribution in [2.75, 3.05) is 26.9 Å². The minimum Gasteiger partial charge on any atom is -0.493 e. The molecule has 1 aromatic rings. The third-order valence-electron chi connectivity index (χ3n) is 4.56. The van der Waals surface area contributed by atoms with E-state index in [1.54, 1.807) is 7.11 Å². The number of nitrogens with one attached hydrogen (secondary N) is 1. The van der Waals surface area contributed by atoms with Gasteiger partial charge in [0.2, 0.25) is 0 Å². The Labute approximate surface area is 126 Å². The Morgan fingerprint density at radius 1 is 1.33 bits per heavy atom. The molecule has 0 amide bonds. The van der Waals surface area contributed by atoms with Gasteiger partial charge in [-0.15, -0.1) is 0 Å². The summed E-state index contributed by atoms with van der Waals surface area (Å²) in [6.45, 7) is 4.81. The second-order valence-corrected chi connectivity index (χ2v) is 6.16. The zero-order valence-corrected chi connectivity index (χ0v) is 13.0. The number of ether oxygens (including phenoxy) is 3. The molecule has 2 aliphatic rings. The van der Waals surface area contributed by atoms with Gasteiger partial charge in [-0.1, -0.05) is 12.1 Å². The molecular weight excluding hydrogens is 266 g/mol. The van der Waals surface area contributed by atoms with Gasteiger partial charge in [0, 0.05) is 17.7 Å². The number of benzene rings is 1. The number of hydrogen-bond acceptors (Lipinski definition) is 4. The van der Waals surface area contributed by atoms with E-state index >= 15 is 0 Å². The highest BCUT2D eigenvalue weighted by Gasteiger charge is 2.34. The van der Waals surface area contributed by atoms with Gasteiger partial charge in [0.25, 0.3) is 0 Å². The molecule has 21 heavy (non-hydrogen) atoms. The summed E-state index contributed by atoms with van der Waals surface area (Å²) in [6, 6.07) is 6.19. The topological polar surface area (TPSA) is 39.7 Å². The monoisotopic (exact) mass is 291 g/mol. The highest BCUT2D eigenvalue weighted by atomic mass is 16.5. The van der Waals surface area contributed by atoms with E-state index in [0.717, 1.165) is 43.9 Å². The lowest BCUT2D eigenvalue weighted by atomic mass is 9.89. The molecule has 0 radical (unpaired) electrons. The van der Waals surface area contributed by atoms with Gasteiger partial charge >= 0.3 is 0 Å². The average molecular weight is 291 g/mol. The minimum atomic E-state index is -0.0201. The van der Waals surface area contributed by atoms with Crippen LogP contribution in [0.5, 0.6) is 11.5 Å². The lowest BCUT2D eigenvalue weighted by Gasteiger charge is -2.29. The zero-order valence-electron chi connectivity index (χ0n) is 13.0. The number of para-hydroxylation sites is 1. The van der Waals surface area contributed by atoms with Gasteiger partial charge in [-0.25, -0.2) is 0 Å². The fourth-order valence-electron chi connectivity index (χ4n) is 3.36. The van der Waals surface area contributed by atoms with Crippen LogP contribution in [0.25, 0.3) is 0 Å². The van der Waals surface area contributed by atoms with Crippen molar-refractivity contribution in [3.05, 3.63) is 23.8 Å². The molecule has 4 nitrogen and oxygen atoms in total. The SMILES string of the molecule is COc1c(OC2CCCOC2)cccc1C1(C)CCCN1. The molecular formula is C17H25NO3. The van der Waals surface area contributed by atoms with Crippen molar-refractivity contribution < 1.29 is 14.2 Å². The average Bonchev–Trinajstić information content (AvgIpc) is 2.96. The molecule has 4 heteroatoms. The minimum absolute atomic E-state index is 0.0201. The molecule has 0 aromatic heterocycles. The Balaban J connectivity index is 1.86. The molecule has 2 heterocycles. The summed E-state index contributed by atoms with van der Waals surface area (Å²) in [5.41, 5.74) is 1.17. The van der Waals surface area contributed by atoms with Gasteiger partial charge in [-0.2, -0.15) is 0 Å². The predicted octanol–water partition coefficient (Wildman–Crippen LogP) is 2.85. The highest BCUT2D eigenvalue weighted by molar-refractivity contribution is 5.50. The maximum absolute atomic E-state index is 6.14. The quantitative estimate of drug-likeness (QED) is 0.926. The van der Waals surface area contributed by atoms with E-state index in [1.807, 2.05) is 6.07 Å². The van der Waals surface area contributed by atoms with E-state index in [4.69, 9.17) is 14.2 Å². The lowest BCUT2D eigenvalue weighted by molar-refractivity contribution is 0.00632. The zero-order chi connectivity index (χ0) is 14.7. The van der Waals surface area contributed by atoms with E-state index in [-0.39, 0.29) is 11.6 Å². The smallest absolute Gasteiger partial charge is 0.165 e. The van der Waals surface area contributed by atoms with E-state index in [0.29, 0.717) is 6.61 Å². The molecule has 0 bridgehead atoms. The van der Waals surface area contributed by atoms with Crippen LogP contribution in [0.15, 0.2) is 18.2 Å². The maximum atomic E-state index is 6.14. The molecule has 2 saturated heterocycles. The van der Waals surface area contributed by atoms with Crippen LogP contribution in [0, 0.1) is 0 Å². The molecule has 0 aliphatic carbocycles. The predicted molar refractivity (Wildman–Crippen MR) is 82.1 cm³/mol. The van der Waals surface area contributed by atoms with Crippen molar-refractivity contribution in [3.63, 3.8) is 0 Å². The first-order valence-electron chi connectivity index (χ1n) is 7.90. The summed E-state index contributed by atoms with van der Waals surface area (Å²) < 4.78 is 17.3. The number of methoxy groups -OCH3 is 1. The molecule has 3 rings (SSSR count). The van der Waals surface area contributed by atoms with E-state index in [2.05, 4.69) is 24.4 Å². The number of hydrogen-bond donors (Lipinski definition) is 1. The summed E-state index contributed by atoms with van der Waals surface area (Å²) in [5.74, 6) is 1.69. The highest BCUT2D eigenvalue weighted by Crippen LogP contribution is 2.41. The Morgan fingerprint density at radius 2 is 2.24 bits per heavy atom. The Kier molecular flexibility index (Phi) is 4.36. The summed E-state index contributed by atoms with van der Waals surface area (Å²) in [4.78, 5) is 0. The molecule has 1 N–H and O–H groups in total. The summed E-state index contributed by atoms with van der Waals surface area (Å²) in [5, 5.41) is 3.59. The van der Waals surface area contributed by atoms with E-state index in [1.165, 1.54) is 12.0 Å². The fraction of sp³-hybridized carbons (Fsp3) is 0.647. The summed E-state index contributed by atoms with van der Waals surface area (Å²) in [7, 11) is 1.72. The van der Waals surface area contributed by atoms with Gasteiger partial charge in [0.1, 0.15) is 6.10 Å². The number of rotatable bonds is 4. The largest absolute Gasteiger partial charge is 0.493 e. The second-order valence-electron chi connectivity index (χ2n) is 6.16. The van der Waals surface area contributed by atoms with Crippen LogP contribution in [-0.2, 0) is 10.3 Å². The molecule has 2 unspecified atom stereocenters. The van der Waals surface area contributed by atoms with Gasteiger partial charge in [0.15, 0.2) is 11.5 Å². The molecule has 116 valence electrons. The molecule has 1 aromatic carbocycles. The Hall–Kier alpha value is -1.26. The molecule has 0 spiro atoms. The van der Waals surface area contributed by atoms with Gasteiger partial charge in [0.05, 0.1) is 13.7 Å². The molecule has 0 saturated carbocycles. The third-order valence-corrected chi connectivity index (χ3v) is 4.56. The first-order valence-corrected chi connectivity index (χ1v) is 7.90. The van der Waals surface area contributed by atoms with E-state index < -0.39 is 0 Å². The van der Waals surface area contributed by atoms with Gasteiger partial charge < -0.3 is 19.5 Å². The lowest BCUT2D eigenvalue weighted by Crippen LogP contribution is -2.34.